The topological polar surface area (TPSA) is 78.7 Å². The number of nitrogens with two attached hydrogens (primary N) is 1. The third kappa shape index (κ3) is 5.21. The molecule has 0 bridgehead atoms. The molecule has 7 nitrogen and oxygen atoms in total. The van der Waals surface area contributed by atoms with Crippen molar-refractivity contribution in [1.82, 2.24) is 20.2 Å². The summed E-state index contributed by atoms with van der Waals surface area (Å²) in [7, 11) is 1.66. The van der Waals surface area contributed by atoms with Crippen LogP contribution in [0.2, 0.25) is 0 Å². The summed E-state index contributed by atoms with van der Waals surface area (Å²) in [5, 5.41) is 15.1. The summed E-state index contributed by atoms with van der Waals surface area (Å²) in [6, 6.07) is 16.0. The minimum absolute atomic E-state index is 0.621. The second-order valence-electron chi connectivity index (χ2n) is 5.76. The van der Waals surface area contributed by atoms with Gasteiger partial charge in [0.1, 0.15) is 6.54 Å². The van der Waals surface area contributed by atoms with Gasteiger partial charge >= 0.3 is 0 Å². The Morgan fingerprint density at radius 1 is 1.11 bits per heavy atom. The van der Waals surface area contributed by atoms with Gasteiger partial charge < -0.3 is 14.8 Å². The quantitative estimate of drug-likeness (QED) is 0.424. The molecule has 0 aliphatic heterocycles. The van der Waals surface area contributed by atoms with E-state index >= 15 is 0 Å². The van der Waals surface area contributed by atoms with E-state index in [1.165, 1.54) is 5.56 Å². The Labute approximate surface area is 163 Å². The Morgan fingerprint density at radius 2 is 1.96 bits per heavy atom. The van der Waals surface area contributed by atoms with Gasteiger partial charge in [-0.15, -0.1) is 5.10 Å². The zero-order valence-electron chi connectivity index (χ0n) is 15.5. The lowest BCUT2D eigenvalue weighted by atomic mass is 10.2. The molecule has 8 heteroatoms. The van der Waals surface area contributed by atoms with E-state index in [1.807, 2.05) is 49.4 Å². The molecule has 0 atom stereocenters. The minimum Gasteiger partial charge on any atom is -0.493 e. The van der Waals surface area contributed by atoms with Crippen molar-refractivity contribution in [3.05, 3.63) is 54.1 Å². The summed E-state index contributed by atoms with van der Waals surface area (Å²) in [6.45, 7) is 4.44. The summed E-state index contributed by atoms with van der Waals surface area (Å²) in [5.74, 6) is 2.48. The van der Waals surface area contributed by atoms with Crippen LogP contribution in [-0.2, 0) is 6.54 Å². The van der Waals surface area contributed by atoms with Crippen LogP contribution in [0.25, 0.3) is 5.69 Å². The highest BCUT2D eigenvalue weighted by atomic mass is 32.2. The maximum atomic E-state index is 5.63. The minimum atomic E-state index is 0.621. The van der Waals surface area contributed by atoms with Crippen LogP contribution in [0.5, 0.6) is 11.5 Å². The molecular formula is C19H24N5O2S+. The van der Waals surface area contributed by atoms with Crippen LogP contribution >= 0.6 is 11.8 Å². The van der Waals surface area contributed by atoms with Crippen LogP contribution in [0, 0.1) is 0 Å². The molecule has 0 aliphatic rings. The molecule has 0 saturated carbocycles. The first kappa shape index (κ1) is 19.2. The number of methoxy groups -OCH3 is 1. The van der Waals surface area contributed by atoms with Crippen molar-refractivity contribution in [2.45, 2.75) is 18.6 Å². The first-order chi connectivity index (χ1) is 13.3. The average Bonchev–Trinajstić information content (AvgIpc) is 3.17. The van der Waals surface area contributed by atoms with Gasteiger partial charge in [-0.2, -0.15) is 4.68 Å². The number of rotatable bonds is 10. The highest BCUT2D eigenvalue weighted by molar-refractivity contribution is 7.99. The molecule has 1 heterocycles. The molecule has 3 aromatic rings. The Balaban J connectivity index is 1.48. The first-order valence-electron chi connectivity index (χ1n) is 8.89. The van der Waals surface area contributed by atoms with Crippen molar-refractivity contribution in [3.63, 3.8) is 0 Å². The van der Waals surface area contributed by atoms with E-state index in [0.29, 0.717) is 6.61 Å². The van der Waals surface area contributed by atoms with E-state index in [2.05, 4.69) is 26.9 Å². The number of para-hydroxylation sites is 1. The second kappa shape index (κ2) is 9.94. The van der Waals surface area contributed by atoms with Crippen molar-refractivity contribution in [2.24, 2.45) is 0 Å². The van der Waals surface area contributed by atoms with Crippen LogP contribution in [0.1, 0.15) is 12.5 Å². The van der Waals surface area contributed by atoms with Crippen molar-refractivity contribution in [2.75, 3.05) is 26.0 Å². The number of ether oxygens (including phenoxy) is 2. The lowest BCUT2D eigenvalue weighted by molar-refractivity contribution is -0.666. The number of quaternary nitrogens is 1. The predicted octanol–water partition coefficient (Wildman–Crippen LogP) is 1.93. The normalized spacial score (nSPS) is 10.7. The fraction of sp³-hybridized carbons (Fsp3) is 0.316. The zero-order valence-corrected chi connectivity index (χ0v) is 16.4. The monoisotopic (exact) mass is 386 g/mol. The van der Waals surface area contributed by atoms with Gasteiger partial charge in [-0.3, -0.25) is 0 Å². The van der Waals surface area contributed by atoms with E-state index in [0.717, 1.165) is 41.2 Å². The first-order valence-corrected chi connectivity index (χ1v) is 9.88. The molecule has 2 aromatic carbocycles. The van der Waals surface area contributed by atoms with Crippen molar-refractivity contribution < 1.29 is 14.8 Å². The summed E-state index contributed by atoms with van der Waals surface area (Å²) >= 11 is 1.65. The molecule has 0 fully saturated rings. The average molecular weight is 387 g/mol. The fourth-order valence-electron chi connectivity index (χ4n) is 2.62. The molecule has 2 N–H and O–H groups in total. The Kier molecular flexibility index (Phi) is 7.06. The molecule has 0 aliphatic carbocycles. The van der Waals surface area contributed by atoms with Crippen LogP contribution in [0.4, 0.5) is 0 Å². The summed E-state index contributed by atoms with van der Waals surface area (Å²) in [6.07, 6.45) is 0. The largest absolute Gasteiger partial charge is 0.493 e. The van der Waals surface area contributed by atoms with Crippen molar-refractivity contribution in [3.8, 4) is 17.2 Å². The summed E-state index contributed by atoms with van der Waals surface area (Å²) in [5.41, 5.74) is 2.18. The van der Waals surface area contributed by atoms with E-state index < -0.39 is 0 Å². The highest BCUT2D eigenvalue weighted by Gasteiger charge is 2.09. The molecule has 1 aromatic heterocycles. The molecular weight excluding hydrogens is 362 g/mol. The Hall–Kier alpha value is -2.58. The SMILES string of the molecule is CCOc1cc(C[NH2+]CCSc2nnnn2-c2ccccc2)ccc1OC. The standard InChI is InChI=1S/C19H23N5O2S/c1-3-26-18-13-15(9-10-17(18)25-2)14-20-11-12-27-19-21-22-23-24(19)16-7-5-4-6-8-16/h4-10,13,20H,3,11-12,14H2,1-2H3/p+1. The number of nitrogens with zero attached hydrogens (tertiary/aromatic N) is 4. The molecule has 0 unspecified atom stereocenters. The molecule has 0 saturated heterocycles. The van der Waals surface area contributed by atoms with Gasteiger partial charge in [0.05, 0.1) is 31.7 Å². The van der Waals surface area contributed by atoms with Gasteiger partial charge in [0.2, 0.25) is 5.16 Å². The highest BCUT2D eigenvalue weighted by Crippen LogP contribution is 2.27. The number of thioether (sulfide) groups is 1. The number of hydrogen-bond acceptors (Lipinski definition) is 6. The van der Waals surface area contributed by atoms with Crippen molar-refractivity contribution in [1.29, 1.82) is 0 Å². The third-order valence-corrected chi connectivity index (χ3v) is 4.86. The maximum Gasteiger partial charge on any atom is 0.214 e. The number of benzene rings is 2. The van der Waals surface area contributed by atoms with Crippen LogP contribution < -0.4 is 14.8 Å². The van der Waals surface area contributed by atoms with Crippen LogP contribution in [-0.4, -0.2) is 46.2 Å². The van der Waals surface area contributed by atoms with E-state index in [-0.39, 0.29) is 0 Å². The van der Waals surface area contributed by atoms with Crippen molar-refractivity contribution >= 4 is 11.8 Å². The summed E-state index contributed by atoms with van der Waals surface area (Å²) < 4.78 is 12.7. The molecule has 0 spiro atoms. The molecule has 0 amide bonds. The Bertz CT molecular complexity index is 841. The van der Waals surface area contributed by atoms with E-state index in [4.69, 9.17) is 9.47 Å². The smallest absolute Gasteiger partial charge is 0.214 e. The Morgan fingerprint density at radius 3 is 2.74 bits per heavy atom. The number of tetrazole rings is 1. The van der Waals surface area contributed by atoms with E-state index in [1.54, 1.807) is 23.6 Å². The maximum absolute atomic E-state index is 5.63. The number of hydrogen-bond donors (Lipinski definition) is 1. The summed E-state index contributed by atoms with van der Waals surface area (Å²) in [4.78, 5) is 0. The number of aromatic nitrogens is 4. The van der Waals surface area contributed by atoms with Crippen LogP contribution in [0.3, 0.4) is 0 Å². The van der Waals surface area contributed by atoms with Gasteiger partial charge in [0.25, 0.3) is 0 Å². The lowest BCUT2D eigenvalue weighted by Gasteiger charge is -2.10. The van der Waals surface area contributed by atoms with Gasteiger partial charge in [-0.25, -0.2) is 0 Å². The second-order valence-corrected chi connectivity index (χ2v) is 6.82. The molecule has 142 valence electrons. The van der Waals surface area contributed by atoms with Crippen LogP contribution in [0.15, 0.2) is 53.7 Å². The molecule has 0 radical (unpaired) electrons. The third-order valence-electron chi connectivity index (χ3n) is 3.90. The zero-order chi connectivity index (χ0) is 18.9. The van der Waals surface area contributed by atoms with Gasteiger partial charge in [0, 0.05) is 5.56 Å². The van der Waals surface area contributed by atoms with Gasteiger partial charge in [-0.05, 0) is 47.7 Å². The molecule has 3 rings (SSSR count). The lowest BCUT2D eigenvalue weighted by Crippen LogP contribution is -2.83. The predicted molar refractivity (Wildman–Crippen MR) is 105 cm³/mol. The fourth-order valence-corrected chi connectivity index (χ4v) is 3.44. The van der Waals surface area contributed by atoms with Gasteiger partial charge in [0.15, 0.2) is 11.5 Å². The van der Waals surface area contributed by atoms with E-state index in [9.17, 15) is 0 Å². The molecule has 27 heavy (non-hydrogen) atoms. The van der Waals surface area contributed by atoms with Gasteiger partial charge in [-0.1, -0.05) is 30.0 Å².